The maximum atomic E-state index is 12.3. The summed E-state index contributed by atoms with van der Waals surface area (Å²) in [5.41, 5.74) is 10.6. The van der Waals surface area contributed by atoms with E-state index in [1.54, 1.807) is 26.2 Å². The molecule has 2 heterocycles. The van der Waals surface area contributed by atoms with Crippen molar-refractivity contribution in [3.8, 4) is 23.7 Å². The average Bonchev–Trinajstić information content (AvgIpc) is 3.70. The summed E-state index contributed by atoms with van der Waals surface area (Å²) >= 11 is 0. The van der Waals surface area contributed by atoms with Crippen molar-refractivity contribution in [1.29, 1.82) is 0 Å². The first kappa shape index (κ1) is 34.2. The second-order valence-corrected chi connectivity index (χ2v) is 15.4. The molecule has 0 aliphatic carbocycles. The molecule has 0 aliphatic heterocycles. The van der Waals surface area contributed by atoms with Crippen molar-refractivity contribution in [2.75, 3.05) is 14.1 Å². The third-order valence-corrected chi connectivity index (χ3v) is 9.68. The zero-order valence-corrected chi connectivity index (χ0v) is 30.9. The maximum Gasteiger partial charge on any atom is 0.251 e. The van der Waals surface area contributed by atoms with Crippen LogP contribution in [0.1, 0.15) is 95.6 Å². The molecule has 52 heavy (non-hydrogen) atoms. The zero-order chi connectivity index (χ0) is 36.9. The molecule has 0 atom stereocenters. The summed E-state index contributed by atoms with van der Waals surface area (Å²) in [6.45, 7) is 13.3. The summed E-state index contributed by atoms with van der Waals surface area (Å²) in [6, 6.07) is 28.1. The molecule has 2 amide bonds. The first-order valence-electron chi connectivity index (χ1n) is 17.5. The highest BCUT2D eigenvalue weighted by atomic mass is 16.2. The van der Waals surface area contributed by atoms with Crippen LogP contribution in [0, 0.1) is 23.7 Å². The average molecular weight is 683 g/mol. The lowest BCUT2D eigenvalue weighted by atomic mass is 9.85. The second-order valence-electron chi connectivity index (χ2n) is 15.4. The first-order valence-corrected chi connectivity index (χ1v) is 17.5. The van der Waals surface area contributed by atoms with E-state index in [0.29, 0.717) is 11.1 Å². The number of aromatic nitrogens is 2. The predicted octanol–water partition coefficient (Wildman–Crippen LogP) is 9.07. The minimum absolute atomic E-state index is 0.102. The number of aromatic amines is 2. The number of fused-ring (bicyclic) bond motifs is 7. The molecular weight excluding hydrogens is 641 g/mol. The monoisotopic (exact) mass is 682 g/mol. The van der Waals surface area contributed by atoms with Gasteiger partial charge >= 0.3 is 0 Å². The van der Waals surface area contributed by atoms with Gasteiger partial charge in [-0.1, -0.05) is 89.5 Å². The highest BCUT2D eigenvalue weighted by molar-refractivity contribution is 6.22. The molecule has 0 saturated carbocycles. The number of rotatable bonds is 2. The Bertz CT molecular complexity index is 2530. The fourth-order valence-electron chi connectivity index (χ4n) is 6.65. The van der Waals surface area contributed by atoms with Gasteiger partial charge in [0.1, 0.15) is 0 Å². The number of carbonyl (C=O) groups is 2. The third kappa shape index (κ3) is 6.29. The van der Waals surface area contributed by atoms with Crippen LogP contribution in [0.15, 0.2) is 84.9 Å². The predicted molar refractivity (Wildman–Crippen MR) is 214 cm³/mol. The second kappa shape index (κ2) is 12.8. The molecule has 7 aromatic rings. The minimum Gasteiger partial charge on any atom is -0.355 e. The molecule has 0 unspecified atom stereocenters. The standard InChI is InChI=1S/C46H42N4O2/c1-45(2,3)33-23-29(17-15-27-11-9-13-31(21-27)43(51)47-7)39-37(25-33)35-19-20-36-38-26-34(46(4,5)6)24-30(40(38)50-42(36)41(35)49-39)18-16-28-12-10-14-32(22-28)44(52)48-8/h9-14,19-26,49-50H,1-8H3,(H,47,51)(H,48,52). The molecular formula is C46H42N4O2. The van der Waals surface area contributed by atoms with Gasteiger partial charge in [-0.15, -0.1) is 0 Å². The molecule has 2 aromatic heterocycles. The number of hydrogen-bond acceptors (Lipinski definition) is 2. The van der Waals surface area contributed by atoms with E-state index < -0.39 is 0 Å². The number of hydrogen-bond donors (Lipinski definition) is 4. The first-order chi connectivity index (χ1) is 24.7. The summed E-state index contributed by atoms with van der Waals surface area (Å²) in [5, 5.41) is 9.82. The number of benzene rings is 5. The van der Waals surface area contributed by atoms with Gasteiger partial charge in [0.25, 0.3) is 11.8 Å². The van der Waals surface area contributed by atoms with Gasteiger partial charge in [-0.3, -0.25) is 9.59 Å². The normalized spacial score (nSPS) is 11.7. The van der Waals surface area contributed by atoms with Gasteiger partial charge in [0.15, 0.2) is 0 Å². The molecule has 6 nitrogen and oxygen atoms in total. The maximum absolute atomic E-state index is 12.3. The smallest absolute Gasteiger partial charge is 0.251 e. The topological polar surface area (TPSA) is 89.8 Å². The van der Waals surface area contributed by atoms with Gasteiger partial charge < -0.3 is 20.6 Å². The van der Waals surface area contributed by atoms with Crippen molar-refractivity contribution in [3.05, 3.63) is 129 Å². The summed E-state index contributed by atoms with van der Waals surface area (Å²) in [6.07, 6.45) is 0. The minimum atomic E-state index is -0.141. The molecule has 258 valence electrons. The van der Waals surface area contributed by atoms with Gasteiger partial charge in [-0.25, -0.2) is 0 Å². The van der Waals surface area contributed by atoms with Crippen molar-refractivity contribution in [3.63, 3.8) is 0 Å². The van der Waals surface area contributed by atoms with E-state index in [1.165, 1.54) is 11.1 Å². The van der Waals surface area contributed by atoms with Gasteiger partial charge in [0.2, 0.25) is 0 Å². The van der Waals surface area contributed by atoms with Crippen LogP contribution < -0.4 is 10.6 Å². The van der Waals surface area contributed by atoms with Gasteiger partial charge in [0.05, 0.1) is 22.1 Å². The van der Waals surface area contributed by atoms with Crippen molar-refractivity contribution in [1.82, 2.24) is 20.6 Å². The Balaban J connectivity index is 1.45. The van der Waals surface area contributed by atoms with E-state index in [4.69, 9.17) is 0 Å². The molecule has 0 radical (unpaired) electrons. The van der Waals surface area contributed by atoms with E-state index in [-0.39, 0.29) is 22.6 Å². The van der Waals surface area contributed by atoms with Crippen LogP contribution in [0.5, 0.6) is 0 Å². The lowest BCUT2D eigenvalue weighted by molar-refractivity contribution is 0.0955. The molecule has 0 saturated heterocycles. The number of carbonyl (C=O) groups excluding carboxylic acids is 2. The van der Waals surface area contributed by atoms with Crippen LogP contribution in [0.3, 0.4) is 0 Å². The fourth-order valence-corrected chi connectivity index (χ4v) is 6.65. The van der Waals surface area contributed by atoms with Crippen LogP contribution in [0.25, 0.3) is 43.6 Å². The Hall–Kier alpha value is -6.24. The van der Waals surface area contributed by atoms with Crippen molar-refractivity contribution < 1.29 is 9.59 Å². The van der Waals surface area contributed by atoms with Gasteiger partial charge in [0, 0.05) is 69.0 Å². The van der Waals surface area contributed by atoms with E-state index >= 15 is 0 Å². The fraction of sp³-hybridized carbons (Fsp3) is 0.217. The molecule has 4 N–H and O–H groups in total. The quantitative estimate of drug-likeness (QED) is 0.137. The Morgan fingerprint density at radius 1 is 0.500 bits per heavy atom. The third-order valence-electron chi connectivity index (χ3n) is 9.68. The number of amides is 2. The molecule has 0 spiro atoms. The molecule has 0 aliphatic rings. The Morgan fingerprint density at radius 2 is 0.904 bits per heavy atom. The molecule has 6 heteroatoms. The van der Waals surface area contributed by atoms with E-state index in [0.717, 1.165) is 65.9 Å². The zero-order valence-electron chi connectivity index (χ0n) is 30.9. The Labute approximate surface area is 304 Å². The SMILES string of the molecule is CNC(=O)c1cccc(C#Cc2cc(C(C)(C)C)cc3c2[nH]c2c3ccc3c4cc(C(C)(C)C)cc(C#Cc5cccc(C(=O)NC)c5)c4[nH]c32)c1. The number of H-pyrrole nitrogens is 2. The van der Waals surface area contributed by atoms with Gasteiger partial charge in [-0.05, 0) is 82.6 Å². The summed E-state index contributed by atoms with van der Waals surface area (Å²) < 4.78 is 0. The summed E-state index contributed by atoms with van der Waals surface area (Å²) in [4.78, 5) is 32.1. The molecule has 0 fully saturated rings. The Kier molecular flexibility index (Phi) is 8.44. The van der Waals surface area contributed by atoms with Crippen molar-refractivity contribution >= 4 is 55.4 Å². The van der Waals surface area contributed by atoms with E-state index in [1.807, 2.05) is 36.4 Å². The van der Waals surface area contributed by atoms with E-state index in [2.05, 4.69) is 122 Å². The van der Waals surface area contributed by atoms with Crippen LogP contribution in [-0.4, -0.2) is 35.9 Å². The van der Waals surface area contributed by atoms with Gasteiger partial charge in [-0.2, -0.15) is 0 Å². The molecule has 7 rings (SSSR count). The van der Waals surface area contributed by atoms with E-state index in [9.17, 15) is 9.59 Å². The molecule has 0 bridgehead atoms. The van der Waals surface area contributed by atoms with Crippen LogP contribution in [-0.2, 0) is 10.8 Å². The summed E-state index contributed by atoms with van der Waals surface area (Å²) in [5.74, 6) is 13.3. The van der Waals surface area contributed by atoms with Crippen LogP contribution in [0.4, 0.5) is 0 Å². The molecule has 5 aromatic carbocycles. The Morgan fingerprint density at radius 3 is 1.27 bits per heavy atom. The summed E-state index contributed by atoms with van der Waals surface area (Å²) in [7, 11) is 3.26. The lowest BCUT2D eigenvalue weighted by Gasteiger charge is -2.19. The number of nitrogens with one attached hydrogen (secondary N) is 4. The van der Waals surface area contributed by atoms with Crippen LogP contribution >= 0.6 is 0 Å². The van der Waals surface area contributed by atoms with Crippen molar-refractivity contribution in [2.24, 2.45) is 0 Å². The highest BCUT2D eigenvalue weighted by Gasteiger charge is 2.22. The lowest BCUT2D eigenvalue weighted by Crippen LogP contribution is -2.17. The van der Waals surface area contributed by atoms with Crippen molar-refractivity contribution in [2.45, 2.75) is 52.4 Å². The van der Waals surface area contributed by atoms with Crippen LogP contribution in [0.2, 0.25) is 0 Å². The largest absolute Gasteiger partial charge is 0.355 e. The highest BCUT2D eigenvalue weighted by Crippen LogP contribution is 2.39.